The van der Waals surface area contributed by atoms with Crippen molar-refractivity contribution in [3.05, 3.63) is 35.9 Å². The largest absolute Gasteiger partial charge is 0.454 e. The fourth-order valence-electron chi connectivity index (χ4n) is 2.05. The van der Waals surface area contributed by atoms with Crippen LogP contribution in [0.3, 0.4) is 0 Å². The summed E-state index contributed by atoms with van der Waals surface area (Å²) in [5, 5.41) is 0. The molecule has 0 radical (unpaired) electrons. The molecular weight excluding hydrogens is 262 g/mol. The first-order valence-electron chi connectivity index (χ1n) is 6.40. The van der Waals surface area contributed by atoms with E-state index in [4.69, 9.17) is 16.3 Å². The van der Waals surface area contributed by atoms with Crippen molar-refractivity contribution in [3.8, 4) is 0 Å². The van der Waals surface area contributed by atoms with Crippen LogP contribution >= 0.6 is 11.6 Å². The maximum Gasteiger partial charge on any atom is 0.335 e. The highest BCUT2D eigenvalue weighted by atomic mass is 35.5. The summed E-state index contributed by atoms with van der Waals surface area (Å²) in [5.74, 6) is -0.0591. The van der Waals surface area contributed by atoms with Gasteiger partial charge < -0.3 is 4.74 Å². The maximum absolute atomic E-state index is 12.0. The Bertz CT molecular complexity index is 498. The number of rotatable bonds is 3. The second-order valence-corrected chi connectivity index (χ2v) is 5.61. The van der Waals surface area contributed by atoms with Gasteiger partial charge in [0.1, 0.15) is 6.10 Å². The van der Waals surface area contributed by atoms with Crippen LogP contribution in [0.2, 0.25) is 0 Å². The van der Waals surface area contributed by atoms with Crippen LogP contribution in [0.15, 0.2) is 35.3 Å². The van der Waals surface area contributed by atoms with Gasteiger partial charge in [0.15, 0.2) is 5.54 Å². The predicted molar refractivity (Wildman–Crippen MR) is 76.8 cm³/mol. The number of benzene rings is 1. The van der Waals surface area contributed by atoms with Gasteiger partial charge in [-0.05, 0) is 18.4 Å². The van der Waals surface area contributed by atoms with Crippen LogP contribution in [0.25, 0.3) is 0 Å². The van der Waals surface area contributed by atoms with Gasteiger partial charge in [0, 0.05) is 0 Å². The summed E-state index contributed by atoms with van der Waals surface area (Å²) >= 11 is 5.89. The van der Waals surface area contributed by atoms with Crippen molar-refractivity contribution in [1.82, 2.24) is 0 Å². The summed E-state index contributed by atoms with van der Waals surface area (Å²) < 4.78 is 5.57. The zero-order valence-electron chi connectivity index (χ0n) is 11.4. The number of hydrogen-bond donors (Lipinski definition) is 0. The molecule has 1 aliphatic heterocycles. The summed E-state index contributed by atoms with van der Waals surface area (Å²) in [6.07, 6.45) is -0.314. The molecule has 0 aliphatic carbocycles. The number of ether oxygens (including phenoxy) is 1. The van der Waals surface area contributed by atoms with Crippen molar-refractivity contribution < 1.29 is 9.53 Å². The van der Waals surface area contributed by atoms with Crippen LogP contribution in [0.4, 0.5) is 0 Å². The average Bonchev–Trinajstić information content (AvgIpc) is 2.42. The molecule has 0 saturated carbocycles. The highest BCUT2D eigenvalue weighted by Crippen LogP contribution is 2.27. The van der Waals surface area contributed by atoms with Gasteiger partial charge in [-0.2, -0.15) is 0 Å². The second kappa shape index (κ2) is 5.33. The normalized spacial score (nSPS) is 27.1. The molecule has 0 fully saturated rings. The van der Waals surface area contributed by atoms with Crippen molar-refractivity contribution in [1.29, 1.82) is 0 Å². The summed E-state index contributed by atoms with van der Waals surface area (Å²) in [6, 6.07) is 9.79. The number of nitrogens with zero attached hydrogens (tertiary/aromatic N) is 1. The number of carbonyl (C=O) groups excluding carboxylic acids is 1. The van der Waals surface area contributed by atoms with E-state index >= 15 is 0 Å². The highest BCUT2D eigenvalue weighted by Gasteiger charge is 2.42. The molecule has 0 spiro atoms. The summed E-state index contributed by atoms with van der Waals surface area (Å²) in [5.41, 5.74) is 0.793. The molecule has 0 saturated heterocycles. The van der Waals surface area contributed by atoms with Gasteiger partial charge in [0.25, 0.3) is 0 Å². The van der Waals surface area contributed by atoms with Gasteiger partial charge in [-0.1, -0.05) is 44.2 Å². The Morgan fingerprint density at radius 3 is 2.53 bits per heavy atom. The minimum Gasteiger partial charge on any atom is -0.454 e. The number of hydrogen-bond acceptors (Lipinski definition) is 3. The third kappa shape index (κ3) is 2.66. The number of alkyl halides is 1. The molecule has 19 heavy (non-hydrogen) atoms. The third-order valence-electron chi connectivity index (χ3n) is 3.25. The Hall–Kier alpha value is -1.35. The fourth-order valence-corrected chi connectivity index (χ4v) is 2.22. The van der Waals surface area contributed by atoms with E-state index in [2.05, 4.69) is 4.99 Å². The van der Waals surface area contributed by atoms with E-state index in [-0.39, 0.29) is 23.9 Å². The average molecular weight is 280 g/mol. The summed E-state index contributed by atoms with van der Waals surface area (Å²) in [6.45, 7) is 5.74. The van der Waals surface area contributed by atoms with Crippen molar-refractivity contribution in [2.45, 2.75) is 32.4 Å². The minimum atomic E-state index is -0.988. The predicted octanol–water partition coefficient (Wildman–Crippen LogP) is 3.05. The Balaban J connectivity index is 2.51. The molecular formula is C15H18ClNO2. The minimum absolute atomic E-state index is 0.118. The number of cyclic esters (lactones) is 1. The highest BCUT2D eigenvalue weighted by molar-refractivity contribution is 6.21. The SMILES string of the molecule is CC(C)[C@H]1OC(=O)[C@@](C)(CCl)N=C1c1ccccc1. The molecule has 1 aliphatic rings. The zero-order chi connectivity index (χ0) is 14.0. The van der Waals surface area contributed by atoms with Gasteiger partial charge in [0.2, 0.25) is 0 Å². The molecule has 0 unspecified atom stereocenters. The van der Waals surface area contributed by atoms with E-state index in [9.17, 15) is 4.79 Å². The Morgan fingerprint density at radius 2 is 2.00 bits per heavy atom. The van der Waals surface area contributed by atoms with E-state index < -0.39 is 5.54 Å². The van der Waals surface area contributed by atoms with E-state index in [1.807, 2.05) is 44.2 Å². The van der Waals surface area contributed by atoms with E-state index in [1.54, 1.807) is 6.92 Å². The van der Waals surface area contributed by atoms with Gasteiger partial charge in [-0.15, -0.1) is 11.6 Å². The molecule has 3 nitrogen and oxygen atoms in total. The first kappa shape index (κ1) is 14.1. The molecule has 0 N–H and O–H groups in total. The van der Waals surface area contributed by atoms with Crippen molar-refractivity contribution >= 4 is 23.3 Å². The van der Waals surface area contributed by atoms with Gasteiger partial charge in [0.05, 0.1) is 11.6 Å². The quantitative estimate of drug-likeness (QED) is 0.630. The Kier molecular flexibility index (Phi) is 3.95. The Morgan fingerprint density at radius 1 is 1.37 bits per heavy atom. The molecule has 0 aromatic heterocycles. The smallest absolute Gasteiger partial charge is 0.335 e. The van der Waals surface area contributed by atoms with E-state index in [1.165, 1.54) is 0 Å². The molecule has 1 heterocycles. The number of halogens is 1. The van der Waals surface area contributed by atoms with E-state index in [0.29, 0.717) is 0 Å². The molecule has 1 aromatic rings. The third-order valence-corrected chi connectivity index (χ3v) is 3.77. The van der Waals surface area contributed by atoms with Gasteiger partial charge in [-0.25, -0.2) is 4.79 Å². The van der Waals surface area contributed by atoms with Crippen molar-refractivity contribution in [2.24, 2.45) is 10.9 Å². The van der Waals surface area contributed by atoms with Gasteiger partial charge in [-0.3, -0.25) is 4.99 Å². The van der Waals surface area contributed by atoms with Crippen LogP contribution in [-0.2, 0) is 9.53 Å². The summed E-state index contributed by atoms with van der Waals surface area (Å²) in [4.78, 5) is 16.6. The van der Waals surface area contributed by atoms with Crippen LogP contribution < -0.4 is 0 Å². The molecule has 2 rings (SSSR count). The number of aliphatic imine (C=N–C) groups is 1. The second-order valence-electron chi connectivity index (χ2n) is 5.34. The van der Waals surface area contributed by atoms with E-state index in [0.717, 1.165) is 11.3 Å². The van der Waals surface area contributed by atoms with Crippen LogP contribution in [0, 0.1) is 5.92 Å². The monoisotopic (exact) mass is 279 g/mol. The van der Waals surface area contributed by atoms with Crippen molar-refractivity contribution in [2.75, 3.05) is 5.88 Å². The lowest BCUT2D eigenvalue weighted by molar-refractivity contribution is -0.154. The lowest BCUT2D eigenvalue weighted by Crippen LogP contribution is -2.49. The molecule has 0 amide bonds. The maximum atomic E-state index is 12.0. The van der Waals surface area contributed by atoms with Gasteiger partial charge >= 0.3 is 5.97 Å². The van der Waals surface area contributed by atoms with Crippen LogP contribution in [0.5, 0.6) is 0 Å². The zero-order valence-corrected chi connectivity index (χ0v) is 12.1. The molecule has 102 valence electrons. The first-order valence-corrected chi connectivity index (χ1v) is 6.93. The fraction of sp³-hybridized carbons (Fsp3) is 0.467. The molecule has 0 bridgehead atoms. The number of carbonyl (C=O) groups is 1. The first-order chi connectivity index (χ1) is 8.98. The molecule has 2 atom stereocenters. The lowest BCUT2D eigenvalue weighted by atomic mass is 9.92. The lowest BCUT2D eigenvalue weighted by Gasteiger charge is -2.34. The Labute approximate surface area is 118 Å². The standard InChI is InChI=1S/C15H18ClNO2/c1-10(2)13-12(11-7-5-4-6-8-11)17-15(3,9-16)14(18)19-13/h4-8,10,13H,9H2,1-3H3/t13-,15-/m1/s1. The molecule has 4 heteroatoms. The van der Waals surface area contributed by atoms with Crippen molar-refractivity contribution in [3.63, 3.8) is 0 Å². The topological polar surface area (TPSA) is 38.7 Å². The molecule has 1 aromatic carbocycles. The summed E-state index contributed by atoms with van der Waals surface area (Å²) in [7, 11) is 0. The van der Waals surface area contributed by atoms with Crippen LogP contribution in [-0.4, -0.2) is 29.2 Å². The number of esters is 1. The van der Waals surface area contributed by atoms with Crippen LogP contribution in [0.1, 0.15) is 26.3 Å².